The van der Waals surface area contributed by atoms with Crippen LogP contribution in [0.1, 0.15) is 45.3 Å². The lowest BCUT2D eigenvalue weighted by Crippen LogP contribution is -2.21. The van der Waals surface area contributed by atoms with E-state index in [9.17, 15) is 0 Å². The molecule has 1 aromatic heterocycles. The van der Waals surface area contributed by atoms with E-state index >= 15 is 0 Å². The molecular weight excluding hydrogens is 300 g/mol. The highest BCUT2D eigenvalue weighted by Crippen LogP contribution is 2.44. The number of aromatic nitrogens is 1. The Labute approximate surface area is 144 Å². The van der Waals surface area contributed by atoms with Crippen molar-refractivity contribution in [2.45, 2.75) is 45.8 Å². The highest BCUT2D eigenvalue weighted by Gasteiger charge is 2.25. The summed E-state index contributed by atoms with van der Waals surface area (Å²) in [5, 5.41) is 0. The quantitative estimate of drug-likeness (QED) is 0.857. The predicted molar refractivity (Wildman–Crippen MR) is 96.3 cm³/mol. The van der Waals surface area contributed by atoms with Crippen molar-refractivity contribution in [2.24, 2.45) is 11.7 Å². The van der Waals surface area contributed by atoms with Gasteiger partial charge < -0.3 is 15.2 Å². The minimum atomic E-state index is 0.0495. The molecule has 0 saturated carbocycles. The van der Waals surface area contributed by atoms with Gasteiger partial charge in [0.2, 0.25) is 0 Å². The van der Waals surface area contributed by atoms with Crippen LogP contribution in [0, 0.1) is 5.92 Å². The number of nitrogens with two attached hydrogens (primary N) is 1. The zero-order valence-corrected chi connectivity index (χ0v) is 14.7. The highest BCUT2D eigenvalue weighted by atomic mass is 16.5. The average molecular weight is 326 g/mol. The van der Waals surface area contributed by atoms with Gasteiger partial charge >= 0.3 is 0 Å². The maximum Gasteiger partial charge on any atom is 0.131 e. The van der Waals surface area contributed by atoms with Crippen LogP contribution in [-0.2, 0) is 0 Å². The van der Waals surface area contributed by atoms with Gasteiger partial charge in [0.25, 0.3) is 0 Å². The average Bonchev–Trinajstić information content (AvgIpc) is 2.58. The fourth-order valence-electron chi connectivity index (χ4n) is 3.28. The molecule has 1 aliphatic heterocycles. The first kappa shape index (κ1) is 16.8. The zero-order valence-electron chi connectivity index (χ0n) is 14.7. The fraction of sp³-hybridized carbons (Fsp3) is 0.450. The SMILES string of the molecule is CCC1Oc2cc(OCC(C)C[C@H](C)N)ccc2-c2ccncc21. The van der Waals surface area contributed by atoms with Gasteiger partial charge in [-0.25, -0.2) is 0 Å². The molecule has 0 saturated heterocycles. The summed E-state index contributed by atoms with van der Waals surface area (Å²) < 4.78 is 12.1. The molecule has 0 bridgehead atoms. The van der Waals surface area contributed by atoms with E-state index in [2.05, 4.69) is 31.0 Å². The Morgan fingerprint density at radius 1 is 1.25 bits per heavy atom. The highest BCUT2D eigenvalue weighted by molar-refractivity contribution is 5.76. The summed E-state index contributed by atoms with van der Waals surface area (Å²) in [5.74, 6) is 2.16. The molecule has 1 aromatic carbocycles. The molecule has 3 rings (SSSR count). The summed E-state index contributed by atoms with van der Waals surface area (Å²) in [5.41, 5.74) is 9.32. The van der Waals surface area contributed by atoms with Crippen LogP contribution in [0.2, 0.25) is 0 Å². The van der Waals surface area contributed by atoms with Crippen LogP contribution >= 0.6 is 0 Å². The van der Waals surface area contributed by atoms with Gasteiger partial charge in [-0.05, 0) is 49.4 Å². The lowest BCUT2D eigenvalue weighted by molar-refractivity contribution is 0.195. The minimum Gasteiger partial charge on any atom is -0.493 e. The largest absolute Gasteiger partial charge is 0.493 e. The standard InChI is InChI=1S/C20H26N2O2/c1-4-19-18-11-22-8-7-16(18)17-6-5-15(10-20(17)24-19)23-12-13(2)9-14(3)21/h5-8,10-11,13-14,19H,4,9,12,21H2,1-3H3/t13?,14-,19?/m0/s1. The first-order chi connectivity index (χ1) is 11.6. The zero-order chi connectivity index (χ0) is 17.1. The van der Waals surface area contributed by atoms with Gasteiger partial charge in [0.05, 0.1) is 6.61 Å². The third-order valence-electron chi connectivity index (χ3n) is 4.39. The molecule has 4 nitrogen and oxygen atoms in total. The third kappa shape index (κ3) is 3.54. The monoisotopic (exact) mass is 326 g/mol. The van der Waals surface area contributed by atoms with Crippen molar-refractivity contribution >= 4 is 0 Å². The number of fused-ring (bicyclic) bond motifs is 3. The molecule has 4 heteroatoms. The maximum atomic E-state index is 6.18. The molecule has 3 atom stereocenters. The molecular formula is C20H26N2O2. The van der Waals surface area contributed by atoms with Crippen LogP contribution in [0.4, 0.5) is 0 Å². The summed E-state index contributed by atoms with van der Waals surface area (Å²) in [6, 6.07) is 8.35. The molecule has 0 radical (unpaired) electrons. The Morgan fingerprint density at radius 3 is 2.83 bits per heavy atom. The topological polar surface area (TPSA) is 57.4 Å². The molecule has 128 valence electrons. The maximum absolute atomic E-state index is 6.18. The van der Waals surface area contributed by atoms with E-state index < -0.39 is 0 Å². The van der Waals surface area contributed by atoms with Crippen LogP contribution in [0.5, 0.6) is 11.5 Å². The van der Waals surface area contributed by atoms with Crippen LogP contribution in [0.15, 0.2) is 36.7 Å². The second-order valence-corrected chi connectivity index (χ2v) is 6.76. The minimum absolute atomic E-state index is 0.0495. The Morgan fingerprint density at radius 2 is 2.08 bits per heavy atom. The van der Waals surface area contributed by atoms with Crippen molar-refractivity contribution in [3.63, 3.8) is 0 Å². The van der Waals surface area contributed by atoms with Crippen molar-refractivity contribution in [2.75, 3.05) is 6.61 Å². The molecule has 2 heterocycles. The van der Waals surface area contributed by atoms with Gasteiger partial charge in [0.1, 0.15) is 17.6 Å². The molecule has 0 fully saturated rings. The summed E-state index contributed by atoms with van der Waals surface area (Å²) in [4.78, 5) is 4.24. The molecule has 0 spiro atoms. The van der Waals surface area contributed by atoms with E-state index in [1.54, 1.807) is 0 Å². The third-order valence-corrected chi connectivity index (χ3v) is 4.39. The molecule has 0 amide bonds. The van der Waals surface area contributed by atoms with Crippen molar-refractivity contribution in [3.8, 4) is 22.6 Å². The first-order valence-electron chi connectivity index (χ1n) is 8.71. The van der Waals surface area contributed by atoms with E-state index in [0.717, 1.165) is 35.5 Å². The molecule has 2 aromatic rings. The van der Waals surface area contributed by atoms with Gasteiger partial charge in [-0.1, -0.05) is 13.8 Å². The lowest BCUT2D eigenvalue weighted by atomic mass is 9.93. The van der Waals surface area contributed by atoms with Gasteiger partial charge in [0.15, 0.2) is 0 Å². The van der Waals surface area contributed by atoms with E-state index in [1.807, 2.05) is 31.5 Å². The second-order valence-electron chi connectivity index (χ2n) is 6.76. The molecule has 0 aliphatic carbocycles. The summed E-state index contributed by atoms with van der Waals surface area (Å²) in [6.07, 6.45) is 5.66. The van der Waals surface area contributed by atoms with E-state index in [0.29, 0.717) is 12.5 Å². The van der Waals surface area contributed by atoms with Gasteiger partial charge in [-0.3, -0.25) is 4.98 Å². The normalized spacial score (nSPS) is 18.1. The van der Waals surface area contributed by atoms with Gasteiger partial charge in [0, 0.05) is 35.6 Å². The molecule has 1 aliphatic rings. The summed E-state index contributed by atoms with van der Waals surface area (Å²) >= 11 is 0. The van der Waals surface area contributed by atoms with Crippen molar-refractivity contribution in [1.82, 2.24) is 4.98 Å². The number of benzene rings is 1. The van der Waals surface area contributed by atoms with Crippen LogP contribution in [0.25, 0.3) is 11.1 Å². The first-order valence-corrected chi connectivity index (χ1v) is 8.71. The lowest BCUT2D eigenvalue weighted by Gasteiger charge is -2.28. The fourth-order valence-corrected chi connectivity index (χ4v) is 3.28. The van der Waals surface area contributed by atoms with E-state index in [1.165, 1.54) is 5.56 Å². The van der Waals surface area contributed by atoms with Crippen LogP contribution in [-0.4, -0.2) is 17.6 Å². The number of hydrogen-bond acceptors (Lipinski definition) is 4. The second kappa shape index (κ2) is 7.22. The Hall–Kier alpha value is -2.07. The van der Waals surface area contributed by atoms with Crippen molar-refractivity contribution < 1.29 is 9.47 Å². The van der Waals surface area contributed by atoms with Gasteiger partial charge in [-0.2, -0.15) is 0 Å². The smallest absolute Gasteiger partial charge is 0.131 e. The summed E-state index contributed by atoms with van der Waals surface area (Å²) in [7, 11) is 0. The van der Waals surface area contributed by atoms with Crippen LogP contribution in [0.3, 0.4) is 0 Å². The van der Waals surface area contributed by atoms with Crippen LogP contribution < -0.4 is 15.2 Å². The Balaban J connectivity index is 1.80. The van der Waals surface area contributed by atoms with E-state index in [4.69, 9.17) is 15.2 Å². The molecule has 24 heavy (non-hydrogen) atoms. The number of nitrogens with zero attached hydrogens (tertiary/aromatic N) is 1. The van der Waals surface area contributed by atoms with Crippen molar-refractivity contribution in [1.29, 1.82) is 0 Å². The molecule has 2 unspecified atom stereocenters. The predicted octanol–water partition coefficient (Wildman–Crippen LogP) is 4.34. The number of hydrogen-bond donors (Lipinski definition) is 1. The number of pyridine rings is 1. The summed E-state index contributed by atoms with van der Waals surface area (Å²) in [6.45, 7) is 6.98. The number of rotatable bonds is 6. The molecule has 2 N–H and O–H groups in total. The van der Waals surface area contributed by atoms with Gasteiger partial charge in [-0.15, -0.1) is 0 Å². The van der Waals surface area contributed by atoms with E-state index in [-0.39, 0.29) is 12.1 Å². The number of ether oxygens (including phenoxy) is 2. The van der Waals surface area contributed by atoms with Crippen molar-refractivity contribution in [3.05, 3.63) is 42.2 Å². The Bertz CT molecular complexity index is 700. The Kier molecular flexibility index (Phi) is 5.05.